The molecule has 7 nitrogen and oxygen atoms in total. The molecule has 1 aromatic rings. The lowest BCUT2D eigenvalue weighted by molar-refractivity contribution is -0.609. The second-order valence-corrected chi connectivity index (χ2v) is 11.7. The first-order valence-electron chi connectivity index (χ1n) is 14.6. The molecule has 7 atom stereocenters. The molecule has 1 aromatic carbocycles. The number of rotatable bonds is 5. The maximum atomic E-state index is 13.8. The molecule has 204 valence electrons. The standard InChI is InChI=1S/C31H41N3O4/c1-3-25-15-7-8-18-30(38-25)21-24-16-17-26-27(28(35)36-20-10-14-23-12-5-4-6-13-23)31(19-9-11-22(2)37-31)33-29(32-30)34(24)26/h4-7,10,12-15,22,24-27H,3,8-9,11,16-21H2,1-2H3,(H,32,33)/p+1/t22-,24+,25+,26-,27-,30+,31-/m1/s1. The molecule has 38 heavy (non-hydrogen) atoms. The Hall–Kier alpha value is -2.64. The second-order valence-electron chi connectivity index (χ2n) is 11.7. The van der Waals surface area contributed by atoms with Crippen LogP contribution in [0.2, 0.25) is 0 Å². The van der Waals surface area contributed by atoms with Crippen molar-refractivity contribution >= 4 is 18.0 Å². The molecule has 2 spiro atoms. The van der Waals surface area contributed by atoms with Gasteiger partial charge >= 0.3 is 11.9 Å². The number of nitrogens with one attached hydrogen (secondary N) is 2. The monoisotopic (exact) mass is 520 g/mol. The highest BCUT2D eigenvalue weighted by atomic mass is 16.6. The second kappa shape index (κ2) is 10.5. The summed E-state index contributed by atoms with van der Waals surface area (Å²) in [5, 5.41) is 7.58. The normalized spacial score (nSPS) is 38.1. The molecule has 5 aliphatic heterocycles. The third kappa shape index (κ3) is 4.79. The number of ether oxygens (including phenoxy) is 3. The van der Waals surface area contributed by atoms with Gasteiger partial charge in [0.2, 0.25) is 5.72 Å². The Kier molecular flexibility index (Phi) is 7.08. The minimum absolute atomic E-state index is 0.0443. The average Bonchev–Trinajstić information content (AvgIpc) is 3.21. The van der Waals surface area contributed by atoms with E-state index in [2.05, 4.69) is 41.2 Å². The summed E-state index contributed by atoms with van der Waals surface area (Å²) in [5.41, 5.74) is -0.0853. The fraction of sp³-hybridized carbons (Fsp3) is 0.613. The summed E-state index contributed by atoms with van der Waals surface area (Å²) in [6, 6.07) is 10.5. The van der Waals surface area contributed by atoms with Crippen molar-refractivity contribution in [3.8, 4) is 0 Å². The summed E-state index contributed by atoms with van der Waals surface area (Å²) in [6.45, 7) is 4.55. The van der Waals surface area contributed by atoms with Gasteiger partial charge in [-0.25, -0.2) is 10.6 Å². The summed E-state index contributed by atoms with van der Waals surface area (Å²) in [4.78, 5) is 13.8. The van der Waals surface area contributed by atoms with Gasteiger partial charge < -0.3 is 14.2 Å². The molecule has 0 radical (unpaired) electrons. The predicted octanol–water partition coefficient (Wildman–Crippen LogP) is 4.48. The fourth-order valence-electron chi connectivity index (χ4n) is 7.36. The van der Waals surface area contributed by atoms with E-state index in [1.54, 1.807) is 0 Å². The number of carbonyl (C=O) groups excluding carboxylic acids is 1. The minimum Gasteiger partial charge on any atom is -0.461 e. The van der Waals surface area contributed by atoms with Crippen molar-refractivity contribution in [2.24, 2.45) is 5.92 Å². The maximum absolute atomic E-state index is 13.8. The Bertz CT molecular complexity index is 1120. The van der Waals surface area contributed by atoms with Crippen LogP contribution in [0.5, 0.6) is 0 Å². The van der Waals surface area contributed by atoms with Crippen LogP contribution in [-0.2, 0) is 19.0 Å². The molecule has 2 N–H and O–H groups in total. The van der Waals surface area contributed by atoms with Crippen LogP contribution in [0, 0.1) is 5.92 Å². The first-order chi connectivity index (χ1) is 18.5. The van der Waals surface area contributed by atoms with Gasteiger partial charge in [-0.2, -0.15) is 0 Å². The van der Waals surface area contributed by atoms with Gasteiger partial charge in [-0.05, 0) is 57.1 Å². The first-order valence-corrected chi connectivity index (χ1v) is 14.6. The lowest BCUT2D eigenvalue weighted by Crippen LogP contribution is -2.76. The molecule has 0 aromatic heterocycles. The van der Waals surface area contributed by atoms with E-state index in [0.717, 1.165) is 69.3 Å². The molecule has 5 aliphatic rings. The highest BCUT2D eigenvalue weighted by Crippen LogP contribution is 2.45. The Labute approximate surface area is 226 Å². The van der Waals surface area contributed by atoms with E-state index < -0.39 is 11.4 Å². The van der Waals surface area contributed by atoms with Crippen LogP contribution in [0.25, 0.3) is 6.08 Å². The average molecular weight is 521 g/mol. The number of nitrogens with zero attached hydrogens (tertiary/aromatic N) is 1. The van der Waals surface area contributed by atoms with Gasteiger partial charge in [0.25, 0.3) is 0 Å². The minimum atomic E-state index is -0.776. The van der Waals surface area contributed by atoms with Crippen LogP contribution in [0.1, 0.15) is 77.2 Å². The van der Waals surface area contributed by atoms with Crippen molar-refractivity contribution in [3.63, 3.8) is 0 Å². The molecule has 0 unspecified atom stereocenters. The quantitative estimate of drug-likeness (QED) is 0.339. The Morgan fingerprint density at radius 2 is 2.03 bits per heavy atom. The smallest absolute Gasteiger partial charge is 0.350 e. The van der Waals surface area contributed by atoms with E-state index in [4.69, 9.17) is 14.2 Å². The van der Waals surface area contributed by atoms with Gasteiger partial charge in [-0.3, -0.25) is 9.37 Å². The van der Waals surface area contributed by atoms with E-state index in [1.807, 2.05) is 42.5 Å². The van der Waals surface area contributed by atoms with E-state index in [-0.39, 0.29) is 36.7 Å². The molecule has 7 heteroatoms. The van der Waals surface area contributed by atoms with Crippen LogP contribution in [0.15, 0.2) is 48.6 Å². The molecule has 0 aliphatic carbocycles. The fourth-order valence-corrected chi connectivity index (χ4v) is 7.36. The molecular weight excluding hydrogens is 478 g/mol. The lowest BCUT2D eigenvalue weighted by atomic mass is 9.80. The van der Waals surface area contributed by atoms with Crippen molar-refractivity contribution in [1.82, 2.24) is 10.6 Å². The van der Waals surface area contributed by atoms with Crippen LogP contribution in [0.4, 0.5) is 0 Å². The number of hydrogen-bond donors (Lipinski definition) is 2. The van der Waals surface area contributed by atoms with E-state index >= 15 is 0 Å². The van der Waals surface area contributed by atoms with Crippen LogP contribution >= 0.6 is 0 Å². The molecule has 0 saturated carbocycles. The summed E-state index contributed by atoms with van der Waals surface area (Å²) < 4.78 is 21.8. The highest BCUT2D eigenvalue weighted by Gasteiger charge is 2.64. The summed E-state index contributed by atoms with van der Waals surface area (Å²) >= 11 is 0. The molecule has 0 bridgehead atoms. The third-order valence-corrected chi connectivity index (χ3v) is 9.03. The number of hydrogen-bond acceptors (Lipinski definition) is 6. The number of allylic oxidation sites excluding steroid dienone is 1. The van der Waals surface area contributed by atoms with Gasteiger partial charge in [0.05, 0.1) is 24.3 Å². The van der Waals surface area contributed by atoms with Gasteiger partial charge in [0, 0.05) is 19.3 Å². The zero-order chi connectivity index (χ0) is 26.2. The highest BCUT2D eigenvalue weighted by molar-refractivity contribution is 5.82. The predicted molar refractivity (Wildman–Crippen MR) is 146 cm³/mol. The summed E-state index contributed by atoms with van der Waals surface area (Å²) in [7, 11) is 0. The molecule has 0 amide bonds. The Balaban J connectivity index is 1.27. The van der Waals surface area contributed by atoms with E-state index in [1.165, 1.54) is 0 Å². The lowest BCUT2D eigenvalue weighted by Gasteiger charge is -2.50. The van der Waals surface area contributed by atoms with Crippen LogP contribution in [0.3, 0.4) is 0 Å². The van der Waals surface area contributed by atoms with E-state index in [9.17, 15) is 4.79 Å². The number of esters is 1. The van der Waals surface area contributed by atoms with Crippen molar-refractivity contribution in [2.75, 3.05) is 6.61 Å². The van der Waals surface area contributed by atoms with Gasteiger partial charge in [-0.15, -0.1) is 0 Å². The maximum Gasteiger partial charge on any atom is 0.350 e. The molecule has 6 rings (SSSR count). The molecule has 5 heterocycles. The SMILES string of the molecule is CC[C@H]1C=CCC[C@@]2(C[C@@H]3CC[C@@H]4[C@H](C(=O)OCC=Cc5ccccc5)[C@]5(CCC[C@@H](C)O5)NC(=[N+]34)N2)O1. The summed E-state index contributed by atoms with van der Waals surface area (Å²) in [5.74, 6) is 0.415. The van der Waals surface area contributed by atoms with Crippen molar-refractivity contribution < 1.29 is 23.6 Å². The first kappa shape index (κ1) is 25.6. The molecular formula is C31H42N3O4+. The summed E-state index contributed by atoms with van der Waals surface area (Å²) in [6.07, 6.45) is 17.2. The zero-order valence-electron chi connectivity index (χ0n) is 22.7. The Morgan fingerprint density at radius 1 is 1.16 bits per heavy atom. The van der Waals surface area contributed by atoms with E-state index in [0.29, 0.717) is 6.04 Å². The van der Waals surface area contributed by atoms with Gasteiger partial charge in [-0.1, -0.05) is 55.5 Å². The zero-order valence-corrected chi connectivity index (χ0v) is 22.7. The topological polar surface area (TPSA) is 71.8 Å². The van der Waals surface area contributed by atoms with Crippen molar-refractivity contribution in [1.29, 1.82) is 0 Å². The molecule has 2 fully saturated rings. The van der Waals surface area contributed by atoms with Crippen molar-refractivity contribution in [3.05, 3.63) is 54.1 Å². The van der Waals surface area contributed by atoms with Crippen LogP contribution in [-0.4, -0.2) is 58.9 Å². The van der Waals surface area contributed by atoms with Gasteiger partial charge in [0.15, 0.2) is 11.6 Å². The third-order valence-electron chi connectivity index (χ3n) is 9.03. The number of carbonyl (C=O) groups is 1. The number of guanidine groups is 1. The van der Waals surface area contributed by atoms with Gasteiger partial charge in [0.1, 0.15) is 6.61 Å². The largest absolute Gasteiger partial charge is 0.461 e. The van der Waals surface area contributed by atoms with Crippen molar-refractivity contribution in [2.45, 2.75) is 107 Å². The molecule has 2 saturated heterocycles. The Morgan fingerprint density at radius 3 is 2.84 bits per heavy atom. The number of benzene rings is 1. The van der Waals surface area contributed by atoms with Crippen LogP contribution < -0.4 is 10.6 Å².